The van der Waals surface area contributed by atoms with E-state index in [0.717, 1.165) is 11.5 Å². The fraction of sp³-hybridized carbons (Fsp3) is 0.167. The van der Waals surface area contributed by atoms with Crippen molar-refractivity contribution < 1.29 is 18.4 Å². The summed E-state index contributed by atoms with van der Waals surface area (Å²) in [7, 11) is 1.70. The van der Waals surface area contributed by atoms with Crippen LogP contribution in [0.5, 0.6) is 5.75 Å². The molecule has 3 rings (SSSR count). The van der Waals surface area contributed by atoms with Crippen LogP contribution in [0.1, 0.15) is 22.1 Å². The minimum absolute atomic E-state index is 0.202. The summed E-state index contributed by atoms with van der Waals surface area (Å²) in [5, 5.41) is 0. The Kier molecular flexibility index (Phi) is 4.47. The van der Waals surface area contributed by atoms with Gasteiger partial charge in [-0.3, -0.25) is 4.79 Å². The van der Waals surface area contributed by atoms with E-state index in [1.54, 1.807) is 36.4 Å². The molecule has 0 atom stereocenters. The average molecular weight is 311 g/mol. The lowest BCUT2D eigenvalue weighted by molar-refractivity contribution is 0.0739. The van der Waals surface area contributed by atoms with Crippen molar-refractivity contribution in [1.82, 2.24) is 4.90 Å². The van der Waals surface area contributed by atoms with E-state index in [9.17, 15) is 4.79 Å². The van der Waals surface area contributed by atoms with Gasteiger partial charge >= 0.3 is 0 Å². The smallest absolute Gasteiger partial charge is 0.289 e. The zero-order chi connectivity index (χ0) is 16.1. The molecule has 0 N–H and O–H groups in total. The van der Waals surface area contributed by atoms with Gasteiger partial charge in [-0.25, -0.2) is 0 Å². The molecule has 3 aromatic rings. The molecule has 2 aromatic heterocycles. The van der Waals surface area contributed by atoms with Gasteiger partial charge in [0.15, 0.2) is 5.76 Å². The van der Waals surface area contributed by atoms with E-state index in [2.05, 4.69) is 0 Å². The van der Waals surface area contributed by atoms with Gasteiger partial charge in [0.2, 0.25) is 0 Å². The van der Waals surface area contributed by atoms with E-state index < -0.39 is 0 Å². The van der Waals surface area contributed by atoms with Crippen LogP contribution in [0.3, 0.4) is 0 Å². The molecule has 0 bridgehead atoms. The van der Waals surface area contributed by atoms with Crippen LogP contribution < -0.4 is 4.74 Å². The summed E-state index contributed by atoms with van der Waals surface area (Å²) in [6.45, 7) is 0.668. The molecule has 0 saturated carbocycles. The second-order valence-corrected chi connectivity index (χ2v) is 5.11. The Bertz CT molecular complexity index is 746. The molecule has 118 valence electrons. The minimum atomic E-state index is -0.202. The van der Waals surface area contributed by atoms with E-state index in [0.29, 0.717) is 12.3 Å². The third kappa shape index (κ3) is 3.83. The summed E-state index contributed by atoms with van der Waals surface area (Å²) in [5.41, 5.74) is 0. The molecule has 1 amide bonds. The van der Waals surface area contributed by atoms with Crippen molar-refractivity contribution in [3.8, 4) is 5.75 Å². The summed E-state index contributed by atoms with van der Waals surface area (Å²) in [4.78, 5) is 13.8. The summed E-state index contributed by atoms with van der Waals surface area (Å²) in [6.07, 6.45) is 1.58. The molecule has 0 aliphatic carbocycles. The zero-order valence-electron chi connectivity index (χ0n) is 12.8. The van der Waals surface area contributed by atoms with E-state index >= 15 is 0 Å². The molecular formula is C18H17NO4. The molecule has 0 radical (unpaired) electrons. The topological polar surface area (TPSA) is 55.8 Å². The van der Waals surface area contributed by atoms with Crippen molar-refractivity contribution in [2.45, 2.75) is 13.2 Å². The first-order chi connectivity index (χ1) is 11.2. The maximum Gasteiger partial charge on any atom is 0.289 e. The SMILES string of the molecule is CN(Cc1ccco1)C(=O)c1ccc(COc2ccccc2)o1. The summed E-state index contributed by atoms with van der Waals surface area (Å²) < 4.78 is 16.4. The summed E-state index contributed by atoms with van der Waals surface area (Å²) in [6, 6.07) is 16.5. The number of amides is 1. The van der Waals surface area contributed by atoms with Crippen molar-refractivity contribution in [2.75, 3.05) is 7.05 Å². The molecular weight excluding hydrogens is 294 g/mol. The van der Waals surface area contributed by atoms with Crippen molar-refractivity contribution in [1.29, 1.82) is 0 Å². The fourth-order valence-corrected chi connectivity index (χ4v) is 2.14. The molecule has 0 spiro atoms. The number of nitrogens with zero attached hydrogens (tertiary/aromatic N) is 1. The van der Waals surface area contributed by atoms with Gasteiger partial charge in [0.05, 0.1) is 12.8 Å². The van der Waals surface area contributed by atoms with Gasteiger partial charge in [0.25, 0.3) is 5.91 Å². The van der Waals surface area contributed by atoms with E-state index in [-0.39, 0.29) is 18.3 Å². The van der Waals surface area contributed by atoms with Crippen LogP contribution in [0, 0.1) is 0 Å². The molecule has 0 saturated heterocycles. The van der Waals surface area contributed by atoms with E-state index in [1.807, 2.05) is 36.4 Å². The number of rotatable bonds is 6. The molecule has 1 aromatic carbocycles. The highest BCUT2D eigenvalue weighted by molar-refractivity contribution is 5.91. The van der Waals surface area contributed by atoms with Crippen molar-refractivity contribution >= 4 is 5.91 Å². The van der Waals surface area contributed by atoms with Crippen LogP contribution in [0.25, 0.3) is 0 Å². The maximum atomic E-state index is 12.3. The third-order valence-corrected chi connectivity index (χ3v) is 3.32. The maximum absolute atomic E-state index is 12.3. The number of para-hydroxylation sites is 1. The Hall–Kier alpha value is -2.95. The molecule has 0 aliphatic heterocycles. The van der Waals surface area contributed by atoms with Gasteiger partial charge < -0.3 is 18.5 Å². The number of hydrogen-bond donors (Lipinski definition) is 0. The molecule has 0 aliphatic rings. The normalized spacial score (nSPS) is 10.5. The first-order valence-corrected chi connectivity index (χ1v) is 7.27. The molecule has 23 heavy (non-hydrogen) atoms. The van der Waals surface area contributed by atoms with E-state index in [4.69, 9.17) is 13.6 Å². The monoisotopic (exact) mass is 311 g/mol. The van der Waals surface area contributed by atoms with Crippen molar-refractivity contribution in [3.05, 3.63) is 78.1 Å². The second kappa shape index (κ2) is 6.87. The van der Waals surface area contributed by atoms with Gasteiger partial charge in [-0.2, -0.15) is 0 Å². The standard InChI is InChI=1S/C18H17NO4/c1-19(12-15-8-5-11-21-15)18(20)17-10-9-16(23-17)13-22-14-6-3-2-4-7-14/h2-11H,12-13H2,1H3. The Morgan fingerprint density at radius 3 is 2.61 bits per heavy atom. The number of ether oxygens (including phenoxy) is 1. The van der Waals surface area contributed by atoms with Crippen LogP contribution in [0.4, 0.5) is 0 Å². The number of hydrogen-bond acceptors (Lipinski definition) is 4. The Morgan fingerprint density at radius 1 is 1.04 bits per heavy atom. The number of carbonyl (C=O) groups excluding carboxylic acids is 1. The molecule has 5 heteroatoms. The van der Waals surface area contributed by atoms with Gasteiger partial charge in [-0.15, -0.1) is 0 Å². The predicted octanol–water partition coefficient (Wildman–Crippen LogP) is 3.72. The predicted molar refractivity (Wildman–Crippen MR) is 84.0 cm³/mol. The number of benzene rings is 1. The van der Waals surface area contributed by atoms with Gasteiger partial charge in [0.1, 0.15) is 23.9 Å². The van der Waals surface area contributed by atoms with Crippen LogP contribution in [0.15, 0.2) is 69.7 Å². The van der Waals surface area contributed by atoms with Crippen LogP contribution in [-0.4, -0.2) is 17.9 Å². The lowest BCUT2D eigenvalue weighted by Crippen LogP contribution is -2.25. The lowest BCUT2D eigenvalue weighted by atomic mass is 10.3. The first kappa shape index (κ1) is 15.0. The zero-order valence-corrected chi connectivity index (χ0v) is 12.8. The summed E-state index contributed by atoms with van der Waals surface area (Å²) in [5.74, 6) is 2.16. The fourth-order valence-electron chi connectivity index (χ4n) is 2.14. The van der Waals surface area contributed by atoms with Crippen LogP contribution in [-0.2, 0) is 13.2 Å². The largest absolute Gasteiger partial charge is 0.486 e. The highest BCUT2D eigenvalue weighted by Crippen LogP contribution is 2.15. The highest BCUT2D eigenvalue weighted by atomic mass is 16.5. The quantitative estimate of drug-likeness (QED) is 0.696. The molecule has 0 fully saturated rings. The van der Waals surface area contributed by atoms with Crippen molar-refractivity contribution in [2.24, 2.45) is 0 Å². The van der Waals surface area contributed by atoms with Crippen molar-refractivity contribution in [3.63, 3.8) is 0 Å². The van der Waals surface area contributed by atoms with Crippen LogP contribution >= 0.6 is 0 Å². The Labute approximate surface area is 134 Å². The Morgan fingerprint density at radius 2 is 1.87 bits per heavy atom. The summed E-state index contributed by atoms with van der Waals surface area (Å²) >= 11 is 0. The van der Waals surface area contributed by atoms with Gasteiger partial charge in [-0.1, -0.05) is 18.2 Å². The second-order valence-electron chi connectivity index (χ2n) is 5.11. The minimum Gasteiger partial charge on any atom is -0.486 e. The average Bonchev–Trinajstić information content (AvgIpc) is 3.25. The number of furan rings is 2. The van der Waals surface area contributed by atoms with Gasteiger partial charge in [0, 0.05) is 7.05 Å². The molecule has 5 nitrogen and oxygen atoms in total. The van der Waals surface area contributed by atoms with Crippen LogP contribution in [0.2, 0.25) is 0 Å². The van der Waals surface area contributed by atoms with Gasteiger partial charge in [-0.05, 0) is 36.4 Å². The Balaban J connectivity index is 1.58. The lowest BCUT2D eigenvalue weighted by Gasteiger charge is -2.13. The molecule has 2 heterocycles. The third-order valence-electron chi connectivity index (χ3n) is 3.32. The first-order valence-electron chi connectivity index (χ1n) is 7.27. The highest BCUT2D eigenvalue weighted by Gasteiger charge is 2.17. The number of carbonyl (C=O) groups is 1. The van der Waals surface area contributed by atoms with E-state index in [1.165, 1.54) is 0 Å². The molecule has 0 unspecified atom stereocenters.